The monoisotopic (exact) mass is 350 g/mol. The van der Waals surface area contributed by atoms with Gasteiger partial charge in [-0.2, -0.15) is 0 Å². The maximum atomic E-state index is 10.8. The number of carboxylic acid groups (broad SMARTS) is 1. The zero-order chi connectivity index (χ0) is 11.7. The number of ether oxygens (including phenoxy) is 2. The van der Waals surface area contributed by atoms with Crippen LogP contribution in [0.5, 0.6) is 11.5 Å². The fraction of sp³-hybridized carbons (Fsp3) is 0.300. The Morgan fingerprint density at radius 1 is 1.31 bits per heavy atom. The molecule has 0 radical (unpaired) electrons. The first-order valence-electron chi connectivity index (χ1n) is 4.50. The zero-order valence-electron chi connectivity index (χ0n) is 8.02. The van der Waals surface area contributed by atoms with E-state index in [0.717, 1.165) is 5.56 Å². The van der Waals surface area contributed by atoms with Gasteiger partial charge in [0.2, 0.25) is 6.79 Å². The van der Waals surface area contributed by atoms with E-state index in [1.54, 1.807) is 12.1 Å². The van der Waals surface area contributed by atoms with Gasteiger partial charge in [0.05, 0.1) is 4.83 Å². The predicted octanol–water partition coefficient (Wildman–Crippen LogP) is 2.70. The highest BCUT2D eigenvalue weighted by Crippen LogP contribution is 2.38. The standard InChI is InChI=1S/C10H8Br2O4/c11-8(9(12)10(13)14)5-1-2-6-7(3-5)16-4-15-6/h1-3,8-9H,4H2,(H,13,14)/t8-,9-/m0/s1. The van der Waals surface area contributed by atoms with Crippen LogP contribution >= 0.6 is 31.9 Å². The Balaban J connectivity index is 2.24. The Labute approximate surface area is 109 Å². The fourth-order valence-electron chi connectivity index (χ4n) is 1.38. The maximum Gasteiger partial charge on any atom is 0.318 e. The number of aliphatic carboxylic acids is 1. The number of rotatable bonds is 3. The van der Waals surface area contributed by atoms with Gasteiger partial charge in [0.1, 0.15) is 4.83 Å². The topological polar surface area (TPSA) is 55.8 Å². The van der Waals surface area contributed by atoms with Crippen molar-refractivity contribution in [2.45, 2.75) is 9.65 Å². The number of carboxylic acids is 1. The van der Waals surface area contributed by atoms with Gasteiger partial charge >= 0.3 is 5.97 Å². The maximum absolute atomic E-state index is 10.8. The third kappa shape index (κ3) is 2.17. The zero-order valence-corrected chi connectivity index (χ0v) is 11.2. The Morgan fingerprint density at radius 2 is 2.00 bits per heavy atom. The highest BCUT2D eigenvalue weighted by atomic mass is 79.9. The largest absolute Gasteiger partial charge is 0.480 e. The molecule has 1 heterocycles. The fourth-order valence-corrected chi connectivity index (χ4v) is 2.19. The molecule has 1 aromatic rings. The lowest BCUT2D eigenvalue weighted by atomic mass is 10.1. The summed E-state index contributed by atoms with van der Waals surface area (Å²) in [6.07, 6.45) is 0. The van der Waals surface area contributed by atoms with Crippen molar-refractivity contribution in [2.75, 3.05) is 6.79 Å². The van der Waals surface area contributed by atoms with Crippen molar-refractivity contribution in [2.24, 2.45) is 0 Å². The lowest BCUT2D eigenvalue weighted by Crippen LogP contribution is -2.17. The quantitative estimate of drug-likeness (QED) is 0.851. The second kappa shape index (κ2) is 4.63. The van der Waals surface area contributed by atoms with Crippen molar-refractivity contribution in [1.29, 1.82) is 0 Å². The molecule has 0 aromatic heterocycles. The van der Waals surface area contributed by atoms with Crippen LogP contribution in [0, 0.1) is 0 Å². The molecule has 4 nitrogen and oxygen atoms in total. The minimum absolute atomic E-state index is 0.211. The Bertz CT molecular complexity index is 421. The van der Waals surface area contributed by atoms with E-state index >= 15 is 0 Å². The van der Waals surface area contributed by atoms with Crippen molar-refractivity contribution in [3.05, 3.63) is 23.8 Å². The summed E-state index contributed by atoms with van der Waals surface area (Å²) in [7, 11) is 0. The van der Waals surface area contributed by atoms with Gasteiger partial charge < -0.3 is 14.6 Å². The van der Waals surface area contributed by atoms with Gasteiger partial charge in [-0.3, -0.25) is 4.79 Å². The molecule has 1 aliphatic heterocycles. The molecule has 1 N–H and O–H groups in total. The molecule has 16 heavy (non-hydrogen) atoms. The van der Waals surface area contributed by atoms with Crippen LogP contribution in [-0.4, -0.2) is 22.7 Å². The van der Waals surface area contributed by atoms with Crippen molar-refractivity contribution in [1.82, 2.24) is 0 Å². The molecule has 0 unspecified atom stereocenters. The Morgan fingerprint density at radius 3 is 2.69 bits per heavy atom. The van der Waals surface area contributed by atoms with Crippen LogP contribution < -0.4 is 9.47 Å². The summed E-state index contributed by atoms with van der Waals surface area (Å²) in [4.78, 5) is 9.81. The van der Waals surface area contributed by atoms with Crippen molar-refractivity contribution in [3.63, 3.8) is 0 Å². The lowest BCUT2D eigenvalue weighted by Gasteiger charge is -2.13. The number of hydrogen-bond acceptors (Lipinski definition) is 3. The number of hydrogen-bond donors (Lipinski definition) is 1. The first-order valence-corrected chi connectivity index (χ1v) is 6.33. The van der Waals surface area contributed by atoms with Gasteiger partial charge in [0.25, 0.3) is 0 Å². The van der Waals surface area contributed by atoms with E-state index < -0.39 is 10.8 Å². The number of benzene rings is 1. The van der Waals surface area contributed by atoms with Crippen LogP contribution in [0.2, 0.25) is 0 Å². The summed E-state index contributed by atoms with van der Waals surface area (Å²) in [5, 5.41) is 8.87. The molecule has 0 aliphatic carbocycles. The lowest BCUT2D eigenvalue weighted by molar-refractivity contribution is -0.136. The molecular formula is C10H8Br2O4. The normalized spacial score (nSPS) is 16.9. The van der Waals surface area contributed by atoms with E-state index in [-0.39, 0.29) is 11.6 Å². The van der Waals surface area contributed by atoms with Crippen LogP contribution in [0.25, 0.3) is 0 Å². The third-order valence-electron chi connectivity index (χ3n) is 2.21. The molecule has 0 bridgehead atoms. The van der Waals surface area contributed by atoms with Crippen LogP contribution in [0.1, 0.15) is 10.4 Å². The highest BCUT2D eigenvalue weighted by Gasteiger charge is 2.26. The van der Waals surface area contributed by atoms with Gasteiger partial charge in [-0.15, -0.1) is 0 Å². The molecule has 0 spiro atoms. The summed E-state index contributed by atoms with van der Waals surface area (Å²) in [6.45, 7) is 0.211. The Kier molecular flexibility index (Phi) is 3.39. The molecular weight excluding hydrogens is 344 g/mol. The van der Waals surface area contributed by atoms with E-state index in [2.05, 4.69) is 31.9 Å². The number of alkyl halides is 2. The van der Waals surface area contributed by atoms with Gasteiger partial charge in [-0.25, -0.2) is 0 Å². The van der Waals surface area contributed by atoms with E-state index in [1.165, 1.54) is 0 Å². The smallest absolute Gasteiger partial charge is 0.318 e. The number of halogens is 2. The van der Waals surface area contributed by atoms with Crippen molar-refractivity contribution in [3.8, 4) is 11.5 Å². The van der Waals surface area contributed by atoms with Crippen molar-refractivity contribution < 1.29 is 19.4 Å². The van der Waals surface area contributed by atoms with Gasteiger partial charge in [-0.05, 0) is 17.7 Å². The average molecular weight is 352 g/mol. The predicted molar refractivity (Wildman–Crippen MR) is 64.6 cm³/mol. The SMILES string of the molecule is O=C(O)[C@@H](Br)[C@@H](Br)c1ccc2c(c1)OCO2. The Hall–Kier alpha value is -0.750. The summed E-state index contributed by atoms with van der Waals surface area (Å²) in [5.41, 5.74) is 0.827. The van der Waals surface area contributed by atoms with Gasteiger partial charge in [-0.1, -0.05) is 37.9 Å². The summed E-state index contributed by atoms with van der Waals surface area (Å²) in [6, 6.07) is 5.36. The molecule has 0 fully saturated rings. The molecule has 2 atom stereocenters. The van der Waals surface area contributed by atoms with Crippen LogP contribution in [0.4, 0.5) is 0 Å². The van der Waals surface area contributed by atoms with Gasteiger partial charge in [0.15, 0.2) is 11.5 Å². The molecule has 0 amide bonds. The average Bonchev–Trinajstić information content (AvgIpc) is 2.73. The van der Waals surface area contributed by atoms with Crippen molar-refractivity contribution >= 4 is 37.8 Å². The molecule has 2 rings (SSSR count). The highest BCUT2D eigenvalue weighted by molar-refractivity contribution is 9.12. The van der Waals surface area contributed by atoms with Crippen LogP contribution in [0.15, 0.2) is 18.2 Å². The van der Waals surface area contributed by atoms with Crippen LogP contribution in [0.3, 0.4) is 0 Å². The molecule has 1 aromatic carbocycles. The first-order chi connectivity index (χ1) is 7.59. The molecule has 1 aliphatic rings. The van der Waals surface area contributed by atoms with E-state index in [0.29, 0.717) is 11.5 Å². The van der Waals surface area contributed by atoms with Crippen LogP contribution in [-0.2, 0) is 4.79 Å². The second-order valence-electron chi connectivity index (χ2n) is 3.25. The number of fused-ring (bicyclic) bond motifs is 1. The van der Waals surface area contributed by atoms with E-state index in [9.17, 15) is 4.79 Å². The van der Waals surface area contributed by atoms with Gasteiger partial charge in [0, 0.05) is 0 Å². The van der Waals surface area contributed by atoms with E-state index in [4.69, 9.17) is 14.6 Å². The molecule has 6 heteroatoms. The summed E-state index contributed by atoms with van der Waals surface area (Å²) < 4.78 is 10.4. The molecule has 0 saturated heterocycles. The summed E-state index contributed by atoms with van der Waals surface area (Å²) >= 11 is 6.44. The summed E-state index contributed by atoms with van der Waals surface area (Å²) in [5.74, 6) is 0.413. The third-order valence-corrected chi connectivity index (χ3v) is 4.90. The molecule has 86 valence electrons. The minimum Gasteiger partial charge on any atom is -0.480 e. The number of carbonyl (C=O) groups is 1. The van der Waals surface area contributed by atoms with E-state index in [1.807, 2.05) is 6.07 Å². The molecule has 0 saturated carbocycles. The second-order valence-corrected chi connectivity index (χ2v) is 5.23. The minimum atomic E-state index is -0.917. The first kappa shape index (κ1) is 11.7.